The fourth-order valence-electron chi connectivity index (χ4n) is 2.30. The maximum Gasteiger partial charge on any atom is 0.416 e. The first kappa shape index (κ1) is 17.5. The topological polar surface area (TPSA) is 64.4 Å². The minimum atomic E-state index is -4.43. The van der Waals surface area contributed by atoms with Gasteiger partial charge in [0.1, 0.15) is 5.75 Å². The Labute approximate surface area is 146 Å². The molecule has 3 aromatic rings. The van der Waals surface area contributed by atoms with Crippen molar-refractivity contribution in [1.82, 2.24) is 5.16 Å². The number of hydrogen-bond donors (Lipinski definition) is 1. The first-order chi connectivity index (χ1) is 12.4. The molecule has 0 saturated heterocycles. The number of carbonyl (C=O) groups excluding carboxylic acids is 1. The maximum absolute atomic E-state index is 12.6. The maximum atomic E-state index is 12.6. The van der Waals surface area contributed by atoms with E-state index in [2.05, 4.69) is 10.5 Å². The van der Waals surface area contributed by atoms with E-state index in [9.17, 15) is 18.0 Å². The van der Waals surface area contributed by atoms with Crippen LogP contribution in [0.4, 0.5) is 18.9 Å². The number of nitrogens with one attached hydrogen (secondary N) is 1. The Hall–Kier alpha value is -3.29. The summed E-state index contributed by atoms with van der Waals surface area (Å²) in [6.07, 6.45) is -4.43. The molecule has 8 heteroatoms. The zero-order valence-corrected chi connectivity index (χ0v) is 13.5. The van der Waals surface area contributed by atoms with Crippen LogP contribution < -0.4 is 10.1 Å². The molecular weight excluding hydrogens is 349 g/mol. The van der Waals surface area contributed by atoms with Crippen LogP contribution in [0.2, 0.25) is 0 Å². The predicted octanol–water partition coefficient (Wildman–Crippen LogP) is 4.62. The van der Waals surface area contributed by atoms with Gasteiger partial charge < -0.3 is 14.6 Å². The molecule has 1 N–H and O–H groups in total. The smallest absolute Gasteiger partial charge is 0.416 e. The van der Waals surface area contributed by atoms with Crippen LogP contribution >= 0.6 is 0 Å². The summed E-state index contributed by atoms with van der Waals surface area (Å²) in [5, 5.41) is 6.17. The second kappa shape index (κ2) is 6.91. The molecule has 2 aromatic carbocycles. The van der Waals surface area contributed by atoms with E-state index in [1.54, 1.807) is 24.3 Å². The number of halogens is 3. The Morgan fingerprint density at radius 2 is 1.81 bits per heavy atom. The van der Waals surface area contributed by atoms with Crippen molar-refractivity contribution < 1.29 is 27.2 Å². The van der Waals surface area contributed by atoms with Crippen molar-refractivity contribution in [2.45, 2.75) is 6.18 Å². The average molecular weight is 362 g/mol. The lowest BCUT2D eigenvalue weighted by molar-refractivity contribution is -0.137. The highest BCUT2D eigenvalue weighted by Gasteiger charge is 2.30. The lowest BCUT2D eigenvalue weighted by Gasteiger charge is -2.07. The van der Waals surface area contributed by atoms with Crippen molar-refractivity contribution >= 4 is 11.6 Å². The minimum absolute atomic E-state index is 0.00851. The van der Waals surface area contributed by atoms with Crippen LogP contribution in [0.1, 0.15) is 16.1 Å². The van der Waals surface area contributed by atoms with Gasteiger partial charge in [0.05, 0.1) is 18.2 Å². The van der Waals surface area contributed by atoms with Gasteiger partial charge in [-0.2, -0.15) is 13.2 Å². The molecule has 0 spiro atoms. The van der Waals surface area contributed by atoms with Gasteiger partial charge >= 0.3 is 6.18 Å². The molecule has 0 aliphatic rings. The number of anilines is 1. The molecule has 0 aliphatic carbocycles. The molecule has 0 saturated carbocycles. The number of hydrogen-bond acceptors (Lipinski definition) is 4. The van der Waals surface area contributed by atoms with Crippen molar-refractivity contribution in [2.24, 2.45) is 0 Å². The minimum Gasteiger partial charge on any atom is -0.496 e. The third kappa shape index (κ3) is 3.69. The van der Waals surface area contributed by atoms with E-state index in [0.29, 0.717) is 17.1 Å². The highest BCUT2D eigenvalue weighted by atomic mass is 19.4. The summed E-state index contributed by atoms with van der Waals surface area (Å²) in [5.74, 6) is 0.285. The monoisotopic (exact) mass is 362 g/mol. The number of rotatable bonds is 4. The van der Waals surface area contributed by atoms with E-state index >= 15 is 0 Å². The number of aromatic nitrogens is 1. The van der Waals surface area contributed by atoms with Crippen molar-refractivity contribution in [3.8, 4) is 17.1 Å². The standard InChI is InChI=1S/C18H13F3N2O3/c1-25-15-5-3-2-4-13(15)16-10-14(23-26-16)17(24)22-12-8-6-11(7-9-12)18(19,20)21/h2-10H,1H3,(H,22,24). The molecule has 0 unspecified atom stereocenters. The van der Waals surface area contributed by atoms with E-state index in [-0.39, 0.29) is 11.4 Å². The van der Waals surface area contributed by atoms with E-state index < -0.39 is 17.6 Å². The molecule has 1 heterocycles. The fraction of sp³-hybridized carbons (Fsp3) is 0.111. The van der Waals surface area contributed by atoms with Crippen LogP contribution in [0, 0.1) is 0 Å². The second-order valence-corrected chi connectivity index (χ2v) is 5.31. The first-order valence-electron chi connectivity index (χ1n) is 7.47. The van der Waals surface area contributed by atoms with E-state index in [1.165, 1.54) is 25.3 Å². The summed E-state index contributed by atoms with van der Waals surface area (Å²) in [6, 6.07) is 12.6. The van der Waals surface area contributed by atoms with Crippen LogP contribution in [0.3, 0.4) is 0 Å². The second-order valence-electron chi connectivity index (χ2n) is 5.31. The average Bonchev–Trinajstić information content (AvgIpc) is 3.11. The van der Waals surface area contributed by atoms with Gasteiger partial charge in [0.25, 0.3) is 5.91 Å². The van der Waals surface area contributed by atoms with Crippen LogP contribution in [-0.2, 0) is 6.18 Å². The van der Waals surface area contributed by atoms with E-state index in [0.717, 1.165) is 12.1 Å². The third-order valence-corrected chi connectivity index (χ3v) is 3.59. The van der Waals surface area contributed by atoms with Gasteiger partial charge in [-0.15, -0.1) is 0 Å². The molecule has 0 radical (unpaired) electrons. The number of nitrogens with zero attached hydrogens (tertiary/aromatic N) is 1. The molecule has 0 aliphatic heterocycles. The number of amides is 1. The number of benzene rings is 2. The molecule has 0 fully saturated rings. The quantitative estimate of drug-likeness (QED) is 0.735. The number of carbonyl (C=O) groups is 1. The largest absolute Gasteiger partial charge is 0.496 e. The number of ether oxygens (including phenoxy) is 1. The molecular formula is C18H13F3N2O3. The van der Waals surface area contributed by atoms with Crippen LogP contribution in [0.25, 0.3) is 11.3 Å². The highest BCUT2D eigenvalue weighted by Crippen LogP contribution is 2.31. The third-order valence-electron chi connectivity index (χ3n) is 3.59. The summed E-state index contributed by atoms with van der Waals surface area (Å²) in [4.78, 5) is 12.2. The van der Waals surface area contributed by atoms with Crippen molar-refractivity contribution in [3.63, 3.8) is 0 Å². The Bertz CT molecular complexity index is 918. The molecule has 1 aromatic heterocycles. The summed E-state index contributed by atoms with van der Waals surface area (Å²) < 4.78 is 48.1. The SMILES string of the molecule is COc1ccccc1-c1cc(C(=O)Nc2ccc(C(F)(F)F)cc2)no1. The van der Waals surface area contributed by atoms with Crippen molar-refractivity contribution in [1.29, 1.82) is 0 Å². The molecule has 5 nitrogen and oxygen atoms in total. The Morgan fingerprint density at radius 1 is 1.12 bits per heavy atom. The fourth-order valence-corrected chi connectivity index (χ4v) is 2.30. The van der Waals surface area contributed by atoms with E-state index in [1.807, 2.05) is 0 Å². The zero-order chi connectivity index (χ0) is 18.7. The Kier molecular flexibility index (Phi) is 4.66. The van der Waals surface area contributed by atoms with Crippen LogP contribution in [0.5, 0.6) is 5.75 Å². The van der Waals surface area contributed by atoms with Gasteiger partial charge in [-0.3, -0.25) is 4.79 Å². The van der Waals surface area contributed by atoms with Gasteiger partial charge in [-0.25, -0.2) is 0 Å². The zero-order valence-electron chi connectivity index (χ0n) is 13.5. The number of alkyl halides is 3. The van der Waals surface area contributed by atoms with E-state index in [4.69, 9.17) is 9.26 Å². The normalized spacial score (nSPS) is 11.2. The van der Waals surface area contributed by atoms with Gasteiger partial charge in [0, 0.05) is 11.8 Å². The molecule has 3 rings (SSSR count). The number of methoxy groups -OCH3 is 1. The van der Waals surface area contributed by atoms with Gasteiger partial charge in [0.15, 0.2) is 11.5 Å². The lowest BCUT2D eigenvalue weighted by atomic mass is 10.1. The molecule has 0 bridgehead atoms. The number of para-hydroxylation sites is 1. The van der Waals surface area contributed by atoms with Crippen LogP contribution in [0.15, 0.2) is 59.1 Å². The first-order valence-corrected chi connectivity index (χ1v) is 7.47. The van der Waals surface area contributed by atoms with Crippen molar-refractivity contribution in [2.75, 3.05) is 12.4 Å². The molecule has 134 valence electrons. The lowest BCUT2D eigenvalue weighted by Crippen LogP contribution is -2.12. The van der Waals surface area contributed by atoms with Gasteiger partial charge in [-0.1, -0.05) is 17.3 Å². The summed E-state index contributed by atoms with van der Waals surface area (Å²) in [7, 11) is 1.51. The molecule has 1 amide bonds. The molecule has 0 atom stereocenters. The Morgan fingerprint density at radius 3 is 2.46 bits per heavy atom. The highest BCUT2D eigenvalue weighted by molar-refractivity contribution is 6.03. The van der Waals surface area contributed by atoms with Gasteiger partial charge in [-0.05, 0) is 36.4 Å². The van der Waals surface area contributed by atoms with Gasteiger partial charge in [0.2, 0.25) is 0 Å². The van der Waals surface area contributed by atoms with Crippen LogP contribution in [-0.4, -0.2) is 18.2 Å². The Balaban J connectivity index is 1.76. The predicted molar refractivity (Wildman–Crippen MR) is 87.9 cm³/mol. The molecule has 26 heavy (non-hydrogen) atoms. The summed E-state index contributed by atoms with van der Waals surface area (Å²) in [5.41, 5.74) is 0.0297. The van der Waals surface area contributed by atoms with Crippen molar-refractivity contribution in [3.05, 3.63) is 65.9 Å². The summed E-state index contributed by atoms with van der Waals surface area (Å²) in [6.45, 7) is 0. The summed E-state index contributed by atoms with van der Waals surface area (Å²) >= 11 is 0.